The van der Waals surface area contributed by atoms with E-state index in [1.165, 1.54) is 0 Å². The van der Waals surface area contributed by atoms with Gasteiger partial charge in [0.05, 0.1) is 15.4 Å². The van der Waals surface area contributed by atoms with Gasteiger partial charge >= 0.3 is 6.18 Å². The predicted octanol–water partition coefficient (Wildman–Crippen LogP) is 2.70. The fourth-order valence-corrected chi connectivity index (χ4v) is 3.99. The summed E-state index contributed by atoms with van der Waals surface area (Å²) in [5.41, 5.74) is -2.37. The zero-order chi connectivity index (χ0) is 18.7. The van der Waals surface area contributed by atoms with Gasteiger partial charge in [0, 0.05) is 18.7 Å². The molecule has 0 aliphatic carbocycles. The van der Waals surface area contributed by atoms with E-state index in [1.54, 1.807) is 0 Å². The van der Waals surface area contributed by atoms with Crippen LogP contribution in [0.5, 0.6) is 0 Å². The smallest absolute Gasteiger partial charge is 0.316 e. The van der Waals surface area contributed by atoms with Crippen molar-refractivity contribution in [3.63, 3.8) is 0 Å². The number of sulfonamides is 1. The average Bonchev–Trinajstić information content (AvgIpc) is 2.54. The van der Waals surface area contributed by atoms with Crippen LogP contribution in [0.25, 0.3) is 0 Å². The van der Waals surface area contributed by atoms with Crippen LogP contribution in [0.3, 0.4) is 0 Å². The van der Waals surface area contributed by atoms with Crippen LogP contribution in [0.4, 0.5) is 18.9 Å². The quantitative estimate of drug-likeness (QED) is 0.547. The molecule has 2 rings (SSSR count). The number of benzene rings is 1. The number of nitro benzene ring substituents is 1. The van der Waals surface area contributed by atoms with E-state index in [1.807, 2.05) is 0 Å². The van der Waals surface area contributed by atoms with Crippen LogP contribution < -0.4 is 10.0 Å². The second kappa shape index (κ2) is 8.98. The second-order valence-electron chi connectivity index (χ2n) is 5.83. The predicted molar refractivity (Wildman–Crippen MR) is 90.7 cm³/mol. The molecule has 1 saturated heterocycles. The summed E-state index contributed by atoms with van der Waals surface area (Å²) in [4.78, 5) is 8.64. The number of rotatable bonds is 6. The molecule has 1 fully saturated rings. The molecule has 12 heteroatoms. The Morgan fingerprint density at radius 3 is 2.58 bits per heavy atom. The van der Waals surface area contributed by atoms with Crippen molar-refractivity contribution in [2.24, 2.45) is 5.92 Å². The highest BCUT2D eigenvalue weighted by atomic mass is 35.5. The van der Waals surface area contributed by atoms with Crippen LogP contribution in [0.1, 0.15) is 24.8 Å². The molecule has 0 spiro atoms. The lowest BCUT2D eigenvalue weighted by Crippen LogP contribution is -2.33. The van der Waals surface area contributed by atoms with Crippen LogP contribution in [0.15, 0.2) is 23.1 Å². The van der Waals surface area contributed by atoms with Crippen molar-refractivity contribution in [2.75, 3.05) is 19.6 Å². The first-order valence-corrected chi connectivity index (χ1v) is 9.15. The highest BCUT2D eigenvalue weighted by Gasteiger charge is 2.38. The summed E-state index contributed by atoms with van der Waals surface area (Å²) in [5, 5.41) is 13.8. The summed E-state index contributed by atoms with van der Waals surface area (Å²) in [5.74, 6) is 0.260. The van der Waals surface area contributed by atoms with Gasteiger partial charge in [0.1, 0.15) is 0 Å². The van der Waals surface area contributed by atoms with Crippen molar-refractivity contribution < 1.29 is 26.5 Å². The van der Waals surface area contributed by atoms with Gasteiger partial charge in [-0.3, -0.25) is 10.1 Å². The van der Waals surface area contributed by atoms with Crippen molar-refractivity contribution in [3.8, 4) is 0 Å². The fourth-order valence-electron chi connectivity index (χ4n) is 2.73. The number of nitrogens with zero attached hydrogens (tertiary/aromatic N) is 1. The maximum Gasteiger partial charge on any atom is 0.417 e. The molecule has 0 amide bonds. The zero-order valence-electron chi connectivity index (χ0n) is 13.6. The Bertz CT molecular complexity index is 737. The molecule has 2 N–H and O–H groups in total. The summed E-state index contributed by atoms with van der Waals surface area (Å²) >= 11 is 0. The third-order valence-electron chi connectivity index (χ3n) is 4.01. The molecule has 1 aromatic carbocycles. The number of nitro groups is 1. The molecular formula is C14H19ClF3N3O4S. The third-order valence-corrected chi connectivity index (χ3v) is 5.53. The first-order valence-electron chi connectivity index (χ1n) is 7.67. The minimum Gasteiger partial charge on any atom is -0.316 e. The third kappa shape index (κ3) is 5.79. The van der Waals surface area contributed by atoms with E-state index in [9.17, 15) is 31.7 Å². The average molecular weight is 418 g/mol. The number of non-ortho nitro benzene ring substituents is 1. The van der Waals surface area contributed by atoms with Gasteiger partial charge in [0.2, 0.25) is 10.0 Å². The van der Waals surface area contributed by atoms with E-state index in [4.69, 9.17) is 0 Å². The van der Waals surface area contributed by atoms with E-state index < -0.39 is 37.3 Å². The molecule has 1 heterocycles. The van der Waals surface area contributed by atoms with Gasteiger partial charge in [-0.25, -0.2) is 13.1 Å². The van der Waals surface area contributed by atoms with Crippen molar-refractivity contribution in [1.29, 1.82) is 0 Å². The van der Waals surface area contributed by atoms with Crippen LogP contribution in [-0.2, 0) is 16.2 Å². The lowest BCUT2D eigenvalue weighted by Gasteiger charge is -2.22. The minimum atomic E-state index is -5.02. The van der Waals surface area contributed by atoms with E-state index in [0.29, 0.717) is 12.5 Å². The van der Waals surface area contributed by atoms with Crippen LogP contribution in [0, 0.1) is 16.0 Å². The van der Waals surface area contributed by atoms with Crippen molar-refractivity contribution in [1.82, 2.24) is 10.0 Å². The monoisotopic (exact) mass is 417 g/mol. The summed E-state index contributed by atoms with van der Waals surface area (Å²) in [6.45, 7) is 1.65. The molecule has 0 bridgehead atoms. The van der Waals surface area contributed by atoms with Crippen LogP contribution in [0.2, 0.25) is 0 Å². The van der Waals surface area contributed by atoms with Crippen LogP contribution >= 0.6 is 12.4 Å². The van der Waals surface area contributed by atoms with Gasteiger partial charge in [0.15, 0.2) is 0 Å². The summed E-state index contributed by atoms with van der Waals surface area (Å²) in [6, 6.07) is 1.60. The number of piperidine rings is 1. The van der Waals surface area contributed by atoms with Gasteiger partial charge in [-0.05, 0) is 44.3 Å². The lowest BCUT2D eigenvalue weighted by molar-refractivity contribution is -0.385. The lowest BCUT2D eigenvalue weighted by atomic mass is 9.96. The van der Waals surface area contributed by atoms with E-state index in [-0.39, 0.29) is 30.9 Å². The Morgan fingerprint density at radius 2 is 2.04 bits per heavy atom. The van der Waals surface area contributed by atoms with E-state index in [0.717, 1.165) is 32.0 Å². The largest absolute Gasteiger partial charge is 0.417 e. The number of hydrogen-bond acceptors (Lipinski definition) is 5. The molecule has 0 aromatic heterocycles. The van der Waals surface area contributed by atoms with Gasteiger partial charge in [-0.15, -0.1) is 12.4 Å². The Hall–Kier alpha value is -1.43. The zero-order valence-corrected chi connectivity index (χ0v) is 15.2. The SMILES string of the molecule is Cl.O=[N+]([O-])c1ccc(S(=O)(=O)NCCC2CCCNC2)c(C(F)(F)F)c1. The Morgan fingerprint density at radius 1 is 1.35 bits per heavy atom. The summed E-state index contributed by atoms with van der Waals surface area (Å²) in [7, 11) is -4.43. The molecule has 1 aliphatic rings. The fraction of sp³-hybridized carbons (Fsp3) is 0.571. The normalized spacial score (nSPS) is 18.2. The Kier molecular flexibility index (Phi) is 7.81. The molecule has 26 heavy (non-hydrogen) atoms. The topological polar surface area (TPSA) is 101 Å². The minimum absolute atomic E-state index is 0. The van der Waals surface area contributed by atoms with Crippen molar-refractivity contribution in [2.45, 2.75) is 30.3 Å². The number of nitrogens with one attached hydrogen (secondary N) is 2. The highest BCUT2D eigenvalue weighted by molar-refractivity contribution is 7.89. The molecule has 1 unspecified atom stereocenters. The molecule has 0 saturated carbocycles. The standard InChI is InChI=1S/C14H18F3N3O4S.ClH/c15-14(16,17)12-8-11(20(21)22)3-4-13(12)25(23,24)19-7-5-10-2-1-6-18-9-10;/h3-4,8,10,18-19H,1-2,5-7,9H2;1H. The molecule has 0 radical (unpaired) electrons. The van der Waals surface area contributed by atoms with Gasteiger partial charge < -0.3 is 5.32 Å². The highest BCUT2D eigenvalue weighted by Crippen LogP contribution is 2.36. The van der Waals surface area contributed by atoms with Gasteiger partial charge in [-0.1, -0.05) is 0 Å². The number of halogens is 4. The Labute approximate surface area is 155 Å². The van der Waals surface area contributed by atoms with Crippen LogP contribution in [-0.4, -0.2) is 33.0 Å². The molecule has 1 aliphatic heterocycles. The molecular weight excluding hydrogens is 399 g/mol. The second-order valence-corrected chi connectivity index (χ2v) is 7.57. The number of alkyl halides is 3. The molecule has 1 atom stereocenters. The maximum atomic E-state index is 13.1. The first-order chi connectivity index (χ1) is 11.6. The summed E-state index contributed by atoms with van der Waals surface area (Å²) in [6.07, 6.45) is -2.62. The molecule has 1 aromatic rings. The maximum absolute atomic E-state index is 13.1. The first kappa shape index (κ1) is 22.6. The van der Waals surface area contributed by atoms with E-state index in [2.05, 4.69) is 10.0 Å². The molecule has 7 nitrogen and oxygen atoms in total. The van der Waals surface area contributed by atoms with Gasteiger partial charge in [-0.2, -0.15) is 13.2 Å². The molecule has 148 valence electrons. The van der Waals surface area contributed by atoms with Crippen molar-refractivity contribution >= 4 is 28.1 Å². The Balaban J connectivity index is 0.00000338. The van der Waals surface area contributed by atoms with Crippen molar-refractivity contribution in [3.05, 3.63) is 33.9 Å². The van der Waals surface area contributed by atoms with Gasteiger partial charge in [0.25, 0.3) is 5.69 Å². The number of hydrogen-bond donors (Lipinski definition) is 2. The van der Waals surface area contributed by atoms with E-state index >= 15 is 0 Å². The summed E-state index contributed by atoms with van der Waals surface area (Å²) < 4.78 is 65.9.